The molecule has 2 heterocycles. The normalized spacial score (nSPS) is 32.9. The minimum absolute atomic E-state index is 0.114. The third-order valence-electron chi connectivity index (χ3n) is 3.36. The number of hydrogen-bond acceptors (Lipinski definition) is 8. The van der Waals surface area contributed by atoms with Crippen LogP contribution in [-0.4, -0.2) is 49.3 Å². The van der Waals surface area contributed by atoms with E-state index >= 15 is 0 Å². The molecule has 1 aliphatic heterocycles. The first-order valence-electron chi connectivity index (χ1n) is 6.00. The number of nitrogens with two attached hydrogens (primary N) is 1. The fraction of sp³-hybridized carbons (Fsp3) is 0.600. The molecule has 2 rings (SSSR count). The highest BCUT2D eigenvalue weighted by atomic mass is 16.6. The lowest BCUT2D eigenvalue weighted by atomic mass is 9.97. The van der Waals surface area contributed by atoms with Gasteiger partial charge in [-0.05, 0) is 23.7 Å². The first-order chi connectivity index (χ1) is 9.96. The molecule has 11 heteroatoms. The van der Waals surface area contributed by atoms with Crippen molar-refractivity contribution < 1.29 is 20.2 Å². The lowest BCUT2D eigenvalue weighted by Gasteiger charge is -2.25. The molecule has 1 saturated heterocycles. The lowest BCUT2D eigenvalue weighted by Crippen LogP contribution is -2.42. The molecule has 1 aromatic rings. The molecule has 0 amide bonds. The number of aliphatic hydroxyl groups excluding tert-OH is 2. The Kier molecular flexibility index (Phi) is 4.00. The number of anilines is 1. The molecule has 21 heavy (non-hydrogen) atoms. The molecular formula is C10H15N7O4. The molecule has 1 fully saturated rings. The molecule has 0 saturated carbocycles. The maximum atomic E-state index is 10.2. The number of rotatable bonds is 3. The van der Waals surface area contributed by atoms with Crippen LogP contribution < -0.4 is 11.4 Å². The van der Waals surface area contributed by atoms with Crippen molar-refractivity contribution in [2.75, 3.05) is 12.3 Å². The smallest absolute Gasteiger partial charge is 0.270 e. The van der Waals surface area contributed by atoms with E-state index in [1.54, 1.807) is 0 Å². The molecule has 5 N–H and O–H groups in total. The van der Waals surface area contributed by atoms with Gasteiger partial charge in [-0.25, -0.2) is 0 Å². The summed E-state index contributed by atoms with van der Waals surface area (Å²) >= 11 is 0. The molecule has 114 valence electrons. The van der Waals surface area contributed by atoms with Crippen LogP contribution in [0.4, 0.5) is 5.82 Å². The minimum atomic E-state index is -1.33. The van der Waals surface area contributed by atoms with Crippen LogP contribution in [-0.2, 0) is 4.74 Å². The zero-order valence-electron chi connectivity index (χ0n) is 11.1. The number of aliphatic hydroxyl groups is 2. The van der Waals surface area contributed by atoms with Gasteiger partial charge >= 0.3 is 0 Å². The van der Waals surface area contributed by atoms with E-state index < -0.39 is 30.6 Å². The Morgan fingerprint density at radius 2 is 2.38 bits per heavy atom. The molecule has 1 aromatic heterocycles. The van der Waals surface area contributed by atoms with Crippen molar-refractivity contribution in [1.29, 1.82) is 0 Å². The molecule has 0 radical (unpaired) electrons. The summed E-state index contributed by atoms with van der Waals surface area (Å²) in [5.74, 6) is 0.114. The van der Waals surface area contributed by atoms with Gasteiger partial charge in [0.25, 0.3) is 5.62 Å². The predicted molar refractivity (Wildman–Crippen MR) is 68.5 cm³/mol. The van der Waals surface area contributed by atoms with E-state index in [-0.39, 0.29) is 11.4 Å². The van der Waals surface area contributed by atoms with Crippen molar-refractivity contribution in [3.63, 3.8) is 0 Å². The molecule has 4 atom stereocenters. The van der Waals surface area contributed by atoms with E-state index in [0.717, 1.165) is 0 Å². The highest BCUT2D eigenvalue weighted by molar-refractivity contribution is 5.23. The van der Waals surface area contributed by atoms with E-state index in [2.05, 4.69) is 20.2 Å². The SMILES string of the molecule is C[C@]1(CO)O[C@@H](n2ccc(N)n/c2=N\O)C(N=[N+]=[N-])[C@@H]1O. The molecule has 0 aliphatic carbocycles. The van der Waals surface area contributed by atoms with Crippen molar-refractivity contribution in [2.45, 2.75) is 30.9 Å². The second-order valence-corrected chi connectivity index (χ2v) is 4.78. The molecular weight excluding hydrogens is 282 g/mol. The largest absolute Gasteiger partial charge is 0.408 e. The topological polar surface area (TPSA) is 175 Å². The van der Waals surface area contributed by atoms with Gasteiger partial charge in [0.15, 0.2) is 0 Å². The van der Waals surface area contributed by atoms with Crippen LogP contribution in [0.5, 0.6) is 0 Å². The number of aromatic nitrogens is 2. The number of nitrogens with zero attached hydrogens (tertiary/aromatic N) is 6. The summed E-state index contributed by atoms with van der Waals surface area (Å²) in [4.78, 5) is 6.46. The first-order valence-corrected chi connectivity index (χ1v) is 6.00. The number of azide groups is 1. The third-order valence-corrected chi connectivity index (χ3v) is 3.36. The zero-order valence-corrected chi connectivity index (χ0v) is 11.1. The van der Waals surface area contributed by atoms with Gasteiger partial charge in [0.2, 0.25) is 0 Å². The van der Waals surface area contributed by atoms with Crippen molar-refractivity contribution in [3.05, 3.63) is 28.3 Å². The summed E-state index contributed by atoms with van der Waals surface area (Å²) in [6, 6.07) is 0.384. The van der Waals surface area contributed by atoms with Crippen LogP contribution in [0.2, 0.25) is 0 Å². The van der Waals surface area contributed by atoms with Gasteiger partial charge in [-0.15, -0.1) is 0 Å². The Bertz CT molecular complexity index is 641. The van der Waals surface area contributed by atoms with Gasteiger partial charge in [0.05, 0.1) is 12.7 Å². The van der Waals surface area contributed by atoms with Crippen LogP contribution in [0, 0.1) is 0 Å². The average molecular weight is 297 g/mol. The molecule has 11 nitrogen and oxygen atoms in total. The third kappa shape index (κ3) is 2.50. The predicted octanol–water partition coefficient (Wildman–Crippen LogP) is -0.925. The maximum absolute atomic E-state index is 10.2. The lowest BCUT2D eigenvalue weighted by molar-refractivity contribution is -0.117. The molecule has 0 aromatic carbocycles. The molecule has 1 aliphatic rings. The van der Waals surface area contributed by atoms with E-state index in [4.69, 9.17) is 21.2 Å². The second kappa shape index (κ2) is 5.58. The second-order valence-electron chi connectivity index (χ2n) is 4.78. The Balaban J connectivity index is 2.54. The number of hydrogen-bond donors (Lipinski definition) is 4. The molecule has 0 bridgehead atoms. The van der Waals surface area contributed by atoms with Gasteiger partial charge in [0, 0.05) is 11.1 Å². The summed E-state index contributed by atoms with van der Waals surface area (Å²) in [7, 11) is 0. The van der Waals surface area contributed by atoms with Crippen LogP contribution in [0.1, 0.15) is 13.2 Å². The van der Waals surface area contributed by atoms with Crippen molar-refractivity contribution >= 4 is 5.82 Å². The van der Waals surface area contributed by atoms with E-state index in [1.165, 1.54) is 23.8 Å². The van der Waals surface area contributed by atoms with Gasteiger partial charge in [-0.2, -0.15) is 4.98 Å². The fourth-order valence-electron chi connectivity index (χ4n) is 2.17. The van der Waals surface area contributed by atoms with Crippen LogP contribution >= 0.6 is 0 Å². The maximum Gasteiger partial charge on any atom is 0.270 e. The van der Waals surface area contributed by atoms with Gasteiger partial charge in [0.1, 0.15) is 23.7 Å². The Morgan fingerprint density at radius 3 is 2.95 bits per heavy atom. The zero-order chi connectivity index (χ0) is 15.6. The van der Waals surface area contributed by atoms with Crippen LogP contribution in [0.15, 0.2) is 22.5 Å². The average Bonchev–Trinajstić information content (AvgIpc) is 2.73. The molecule has 1 unspecified atom stereocenters. The quantitative estimate of drug-likeness (QED) is 0.184. The molecule has 0 spiro atoms. The Morgan fingerprint density at radius 1 is 1.67 bits per heavy atom. The summed E-state index contributed by atoms with van der Waals surface area (Å²) in [5, 5.41) is 35.0. The van der Waals surface area contributed by atoms with E-state index in [1.807, 2.05) is 0 Å². The Hall–Kier alpha value is -2.33. The summed E-state index contributed by atoms with van der Waals surface area (Å²) < 4.78 is 6.84. The van der Waals surface area contributed by atoms with E-state index in [9.17, 15) is 10.2 Å². The van der Waals surface area contributed by atoms with Crippen molar-refractivity contribution in [1.82, 2.24) is 9.55 Å². The highest BCUT2D eigenvalue weighted by Crippen LogP contribution is 2.38. The highest BCUT2D eigenvalue weighted by Gasteiger charge is 2.52. The van der Waals surface area contributed by atoms with Gasteiger partial charge < -0.3 is 25.9 Å². The standard InChI is InChI=1S/C10H15N7O4/c1-10(4-18)7(19)6(14-16-12)8(21-10)17-3-2-5(11)13-9(17)15-20/h2-3,6-8,18-20H,4H2,1H3,(H2,11,13,15)/t6?,7-,8+,10+/m0/s1. The minimum Gasteiger partial charge on any atom is -0.408 e. The van der Waals surface area contributed by atoms with Crippen molar-refractivity contribution in [3.8, 4) is 0 Å². The number of ether oxygens (including phenoxy) is 1. The van der Waals surface area contributed by atoms with Gasteiger partial charge in [-0.3, -0.25) is 4.57 Å². The van der Waals surface area contributed by atoms with Gasteiger partial charge in [-0.1, -0.05) is 5.11 Å². The summed E-state index contributed by atoms with van der Waals surface area (Å²) in [5.41, 5.74) is 12.6. The van der Waals surface area contributed by atoms with Crippen LogP contribution in [0.25, 0.3) is 10.4 Å². The van der Waals surface area contributed by atoms with Crippen molar-refractivity contribution in [2.24, 2.45) is 10.3 Å². The fourth-order valence-corrected chi connectivity index (χ4v) is 2.17. The first kappa shape index (κ1) is 15.1. The van der Waals surface area contributed by atoms with Crippen LogP contribution in [0.3, 0.4) is 0 Å². The Labute approximate surface area is 118 Å². The summed E-state index contributed by atoms with van der Waals surface area (Å²) in [6.45, 7) is 0.981. The monoisotopic (exact) mass is 297 g/mol. The summed E-state index contributed by atoms with van der Waals surface area (Å²) in [6.07, 6.45) is -0.843. The number of nitrogen functional groups attached to an aromatic ring is 1. The van der Waals surface area contributed by atoms with E-state index in [0.29, 0.717) is 0 Å².